The van der Waals surface area contributed by atoms with Crippen LogP contribution in [-0.2, 0) is 4.79 Å². The molecule has 3 atom stereocenters. The first-order valence-electron chi connectivity index (χ1n) is 12.4. The molecular formula is C27H28ClFN4O3S. The molecule has 7 nitrogen and oxygen atoms in total. The van der Waals surface area contributed by atoms with Crippen LogP contribution in [0.3, 0.4) is 0 Å². The molecule has 3 unspecified atom stereocenters. The standard InChI is InChI=1S/C27H28ClFN4O3S/c28-24-9-8-23(37-24)27(36)30-16-18-13-17(14-22(18)32-10-3-4-11-32)26(35)31-21-7-6-19(15-20(21)29)33-12-2-1-5-25(33)34/h1-2,5-9,12,15,17-18,22H,3-4,10-11,13-14,16H2,(H,30,36)(H,31,35). The number of amides is 2. The van der Waals surface area contributed by atoms with Crippen molar-refractivity contribution in [1.82, 2.24) is 14.8 Å². The molecule has 5 rings (SSSR count). The van der Waals surface area contributed by atoms with Gasteiger partial charge in [-0.1, -0.05) is 17.7 Å². The molecule has 2 amide bonds. The summed E-state index contributed by atoms with van der Waals surface area (Å²) in [6.45, 7) is 2.44. The van der Waals surface area contributed by atoms with Crippen LogP contribution in [0.1, 0.15) is 35.4 Å². The van der Waals surface area contributed by atoms with E-state index >= 15 is 0 Å². The SMILES string of the molecule is O=C(NCC1CC(C(=O)Nc2ccc(-n3ccccc3=O)cc2F)CC1N1CCCC1)c1ccc(Cl)s1. The number of benzene rings is 1. The van der Waals surface area contributed by atoms with Crippen LogP contribution >= 0.6 is 22.9 Å². The van der Waals surface area contributed by atoms with Crippen molar-refractivity contribution in [1.29, 1.82) is 0 Å². The van der Waals surface area contributed by atoms with E-state index in [0.717, 1.165) is 25.9 Å². The summed E-state index contributed by atoms with van der Waals surface area (Å²) in [6.07, 6.45) is 5.09. The maximum Gasteiger partial charge on any atom is 0.261 e. The van der Waals surface area contributed by atoms with Gasteiger partial charge in [0.15, 0.2) is 0 Å². The first-order chi connectivity index (χ1) is 17.9. The van der Waals surface area contributed by atoms with Gasteiger partial charge >= 0.3 is 0 Å². The number of carbonyl (C=O) groups excluding carboxylic acids is 2. The summed E-state index contributed by atoms with van der Waals surface area (Å²) in [5, 5.41) is 5.77. The van der Waals surface area contributed by atoms with Crippen molar-refractivity contribution < 1.29 is 14.0 Å². The molecule has 1 saturated carbocycles. The zero-order valence-electron chi connectivity index (χ0n) is 20.2. The number of hydrogen-bond donors (Lipinski definition) is 2. The van der Waals surface area contributed by atoms with Crippen LogP contribution in [0.4, 0.5) is 10.1 Å². The van der Waals surface area contributed by atoms with Gasteiger partial charge in [-0.3, -0.25) is 19.0 Å². The molecule has 2 N–H and O–H groups in total. The molecule has 3 aromatic rings. The van der Waals surface area contributed by atoms with Gasteiger partial charge in [0.25, 0.3) is 11.5 Å². The number of carbonyl (C=O) groups is 2. The fourth-order valence-electron chi connectivity index (χ4n) is 5.43. The Morgan fingerprint density at radius 2 is 1.89 bits per heavy atom. The number of rotatable bonds is 7. The molecule has 194 valence electrons. The van der Waals surface area contributed by atoms with E-state index in [1.54, 1.807) is 36.5 Å². The molecular weight excluding hydrogens is 515 g/mol. The summed E-state index contributed by atoms with van der Waals surface area (Å²) in [4.78, 5) is 40.8. The highest BCUT2D eigenvalue weighted by molar-refractivity contribution is 7.18. The Labute approximate surface area is 223 Å². The number of likely N-dealkylation sites (tertiary alicyclic amines) is 1. The van der Waals surface area contributed by atoms with Crippen LogP contribution in [0.25, 0.3) is 5.69 Å². The van der Waals surface area contributed by atoms with E-state index in [-0.39, 0.29) is 40.9 Å². The number of aromatic nitrogens is 1. The maximum absolute atomic E-state index is 14.9. The van der Waals surface area contributed by atoms with Crippen LogP contribution in [0, 0.1) is 17.7 Å². The van der Waals surface area contributed by atoms with E-state index in [1.807, 2.05) is 0 Å². The van der Waals surface area contributed by atoms with Crippen LogP contribution < -0.4 is 16.2 Å². The largest absolute Gasteiger partial charge is 0.351 e. The number of pyridine rings is 1. The number of nitrogens with one attached hydrogen (secondary N) is 2. The highest BCUT2D eigenvalue weighted by atomic mass is 35.5. The Hall–Kier alpha value is -3.01. The van der Waals surface area contributed by atoms with E-state index < -0.39 is 5.82 Å². The predicted molar refractivity (Wildman–Crippen MR) is 143 cm³/mol. The van der Waals surface area contributed by atoms with E-state index in [4.69, 9.17) is 11.6 Å². The quantitative estimate of drug-likeness (QED) is 0.459. The van der Waals surface area contributed by atoms with Gasteiger partial charge < -0.3 is 15.5 Å². The minimum absolute atomic E-state index is 0.0850. The summed E-state index contributed by atoms with van der Waals surface area (Å²) < 4.78 is 16.8. The average Bonchev–Trinajstić information content (AvgIpc) is 3.65. The van der Waals surface area contributed by atoms with Gasteiger partial charge in [0, 0.05) is 36.8 Å². The summed E-state index contributed by atoms with van der Waals surface area (Å²) >= 11 is 7.20. The summed E-state index contributed by atoms with van der Waals surface area (Å²) in [7, 11) is 0. The third-order valence-electron chi connectivity index (χ3n) is 7.27. The Bertz CT molecular complexity index is 1350. The lowest BCUT2D eigenvalue weighted by Gasteiger charge is -2.29. The number of thiophene rings is 1. The molecule has 10 heteroatoms. The molecule has 2 aromatic heterocycles. The smallest absolute Gasteiger partial charge is 0.261 e. The predicted octanol–water partition coefficient (Wildman–Crippen LogP) is 4.55. The number of anilines is 1. The van der Waals surface area contributed by atoms with Crippen LogP contribution in [-0.4, -0.2) is 47.0 Å². The number of hydrogen-bond acceptors (Lipinski definition) is 5. The van der Waals surface area contributed by atoms with Gasteiger partial charge in [0.2, 0.25) is 5.91 Å². The first-order valence-corrected chi connectivity index (χ1v) is 13.6. The van der Waals surface area contributed by atoms with Crippen molar-refractivity contribution in [3.63, 3.8) is 0 Å². The summed E-state index contributed by atoms with van der Waals surface area (Å²) in [5.41, 5.74) is 0.207. The van der Waals surface area contributed by atoms with Crippen molar-refractivity contribution in [3.8, 4) is 5.69 Å². The first kappa shape index (κ1) is 25.6. The molecule has 0 radical (unpaired) electrons. The van der Waals surface area contributed by atoms with Crippen molar-refractivity contribution in [2.75, 3.05) is 25.0 Å². The van der Waals surface area contributed by atoms with Gasteiger partial charge in [-0.05, 0) is 75.0 Å². The van der Waals surface area contributed by atoms with E-state index in [2.05, 4.69) is 15.5 Å². The van der Waals surface area contributed by atoms with Gasteiger partial charge in [0.1, 0.15) is 5.82 Å². The number of nitrogens with zero attached hydrogens (tertiary/aromatic N) is 2. The lowest BCUT2D eigenvalue weighted by Crippen LogP contribution is -2.40. The zero-order valence-corrected chi connectivity index (χ0v) is 21.7. The molecule has 1 saturated heterocycles. The summed E-state index contributed by atoms with van der Waals surface area (Å²) in [6, 6.07) is 12.6. The Kier molecular flexibility index (Phi) is 7.73. The van der Waals surface area contributed by atoms with Crippen molar-refractivity contribution in [2.24, 2.45) is 11.8 Å². The molecule has 0 spiro atoms. The van der Waals surface area contributed by atoms with E-state index in [9.17, 15) is 18.8 Å². The molecule has 2 aliphatic rings. The fraction of sp³-hybridized carbons (Fsp3) is 0.370. The second-order valence-electron chi connectivity index (χ2n) is 9.61. The van der Waals surface area contributed by atoms with Gasteiger partial charge in [0.05, 0.1) is 20.6 Å². The van der Waals surface area contributed by atoms with Gasteiger partial charge in [-0.15, -0.1) is 11.3 Å². The molecule has 0 bridgehead atoms. The highest BCUT2D eigenvalue weighted by Crippen LogP contribution is 2.37. The molecule has 37 heavy (non-hydrogen) atoms. The minimum atomic E-state index is -0.603. The second-order valence-corrected chi connectivity index (χ2v) is 11.3. The lowest BCUT2D eigenvalue weighted by atomic mass is 10.0. The molecule has 1 aliphatic carbocycles. The highest BCUT2D eigenvalue weighted by Gasteiger charge is 2.41. The average molecular weight is 543 g/mol. The normalized spacial score (nSPS) is 21.7. The molecule has 2 fully saturated rings. The van der Waals surface area contributed by atoms with Crippen molar-refractivity contribution >= 4 is 40.4 Å². The van der Waals surface area contributed by atoms with E-state index in [1.165, 1.54) is 34.1 Å². The topological polar surface area (TPSA) is 83.4 Å². The Morgan fingerprint density at radius 1 is 1.08 bits per heavy atom. The summed E-state index contributed by atoms with van der Waals surface area (Å²) in [5.74, 6) is -1.17. The molecule has 1 aliphatic heterocycles. The Balaban J connectivity index is 1.26. The fourth-order valence-corrected chi connectivity index (χ4v) is 6.39. The monoisotopic (exact) mass is 542 g/mol. The van der Waals surface area contributed by atoms with Crippen molar-refractivity contribution in [3.05, 3.63) is 80.1 Å². The maximum atomic E-state index is 14.9. The third kappa shape index (κ3) is 5.79. The minimum Gasteiger partial charge on any atom is -0.351 e. The number of halogens is 2. The van der Waals surface area contributed by atoms with Crippen LogP contribution in [0.5, 0.6) is 0 Å². The van der Waals surface area contributed by atoms with Gasteiger partial charge in [-0.2, -0.15) is 0 Å². The third-order valence-corrected chi connectivity index (χ3v) is 8.50. The molecule has 1 aromatic carbocycles. The van der Waals surface area contributed by atoms with E-state index in [0.29, 0.717) is 34.3 Å². The zero-order chi connectivity index (χ0) is 25.9. The molecule has 3 heterocycles. The Morgan fingerprint density at radius 3 is 2.59 bits per heavy atom. The van der Waals surface area contributed by atoms with Crippen LogP contribution in [0.15, 0.2) is 59.5 Å². The lowest BCUT2D eigenvalue weighted by molar-refractivity contribution is -0.119. The van der Waals surface area contributed by atoms with Crippen LogP contribution in [0.2, 0.25) is 4.34 Å². The van der Waals surface area contributed by atoms with Gasteiger partial charge in [-0.25, -0.2) is 4.39 Å². The second kappa shape index (κ2) is 11.2. The van der Waals surface area contributed by atoms with Crippen molar-refractivity contribution in [2.45, 2.75) is 31.7 Å².